The van der Waals surface area contributed by atoms with Gasteiger partial charge < -0.3 is 4.90 Å². The topological polar surface area (TPSA) is 3.24 Å². The van der Waals surface area contributed by atoms with Crippen molar-refractivity contribution in [2.75, 3.05) is 4.90 Å². The van der Waals surface area contributed by atoms with E-state index in [1.54, 1.807) is 0 Å². The monoisotopic (exact) mass is 583 g/mol. The predicted molar refractivity (Wildman–Crippen MR) is 190 cm³/mol. The van der Waals surface area contributed by atoms with Crippen molar-refractivity contribution >= 4 is 90.9 Å². The molecule has 9 rings (SSSR count). The van der Waals surface area contributed by atoms with Gasteiger partial charge in [0, 0.05) is 36.6 Å². The van der Waals surface area contributed by atoms with E-state index in [4.69, 9.17) is 0 Å². The maximum atomic E-state index is 2.47. The molecule has 0 unspecified atom stereocenters. The smallest absolute Gasteiger partial charge is 0.0640 e. The minimum Gasteiger partial charge on any atom is -0.308 e. The average Bonchev–Trinajstić information content (AvgIpc) is 3.65. The molecule has 3 heteroatoms. The van der Waals surface area contributed by atoms with Gasteiger partial charge in [0.2, 0.25) is 0 Å². The Bertz CT molecular complexity index is 2350. The lowest BCUT2D eigenvalue weighted by Crippen LogP contribution is -2.10. The van der Waals surface area contributed by atoms with E-state index in [0.29, 0.717) is 0 Å². The van der Waals surface area contributed by atoms with Gasteiger partial charge >= 0.3 is 0 Å². The van der Waals surface area contributed by atoms with E-state index in [0.717, 1.165) is 5.69 Å². The van der Waals surface area contributed by atoms with E-state index in [9.17, 15) is 0 Å². The van der Waals surface area contributed by atoms with Gasteiger partial charge in [-0.3, -0.25) is 0 Å². The van der Waals surface area contributed by atoms with Crippen LogP contribution in [0.3, 0.4) is 0 Å². The number of anilines is 3. The van der Waals surface area contributed by atoms with Crippen LogP contribution in [0.5, 0.6) is 0 Å². The Morgan fingerprint density at radius 1 is 0.372 bits per heavy atom. The predicted octanol–water partition coefficient (Wildman–Crippen LogP) is 12.7. The van der Waals surface area contributed by atoms with Gasteiger partial charge in [0.15, 0.2) is 0 Å². The van der Waals surface area contributed by atoms with Crippen LogP contribution in [-0.2, 0) is 0 Å². The zero-order chi connectivity index (χ0) is 28.3. The Labute approximate surface area is 257 Å². The zero-order valence-electron chi connectivity index (χ0n) is 23.2. The first-order valence-electron chi connectivity index (χ1n) is 14.5. The molecule has 202 valence electrons. The molecule has 43 heavy (non-hydrogen) atoms. The summed E-state index contributed by atoms with van der Waals surface area (Å²) in [6.07, 6.45) is 0. The van der Waals surface area contributed by atoms with Crippen LogP contribution in [0.1, 0.15) is 0 Å². The van der Waals surface area contributed by atoms with Crippen molar-refractivity contribution < 1.29 is 0 Å². The first kappa shape index (κ1) is 24.6. The van der Waals surface area contributed by atoms with Gasteiger partial charge in [0.25, 0.3) is 0 Å². The molecule has 0 saturated heterocycles. The van der Waals surface area contributed by atoms with Crippen LogP contribution in [-0.4, -0.2) is 0 Å². The molecule has 0 saturated carbocycles. The van der Waals surface area contributed by atoms with Crippen LogP contribution in [0.15, 0.2) is 152 Å². The molecule has 0 aliphatic heterocycles. The highest BCUT2D eigenvalue weighted by atomic mass is 32.1. The van der Waals surface area contributed by atoms with Gasteiger partial charge in [-0.2, -0.15) is 0 Å². The van der Waals surface area contributed by atoms with Gasteiger partial charge in [-0.15, -0.1) is 22.7 Å². The second-order valence-electron chi connectivity index (χ2n) is 10.9. The third-order valence-corrected chi connectivity index (χ3v) is 10.9. The van der Waals surface area contributed by atoms with Gasteiger partial charge in [-0.25, -0.2) is 0 Å². The van der Waals surface area contributed by atoms with Gasteiger partial charge in [0.1, 0.15) is 0 Å². The Balaban J connectivity index is 1.27. The summed E-state index contributed by atoms with van der Waals surface area (Å²) >= 11 is 3.76. The van der Waals surface area contributed by atoms with Crippen LogP contribution < -0.4 is 4.90 Å². The van der Waals surface area contributed by atoms with E-state index in [1.807, 2.05) is 22.7 Å². The molecule has 0 spiro atoms. The van der Waals surface area contributed by atoms with Crippen LogP contribution in [0.25, 0.3) is 62.2 Å². The second-order valence-corrected chi connectivity index (χ2v) is 13.1. The summed E-state index contributed by atoms with van der Waals surface area (Å²) in [6.45, 7) is 0. The third kappa shape index (κ3) is 3.97. The minimum atomic E-state index is 1.15. The lowest BCUT2D eigenvalue weighted by Gasteiger charge is -2.27. The Hall–Kier alpha value is -4.96. The van der Waals surface area contributed by atoms with Crippen LogP contribution in [0, 0.1) is 0 Å². The van der Waals surface area contributed by atoms with Crippen molar-refractivity contribution in [2.45, 2.75) is 0 Å². The molecule has 0 aliphatic rings. The fourth-order valence-electron chi connectivity index (χ4n) is 6.40. The summed E-state index contributed by atoms with van der Waals surface area (Å²) in [6, 6.07) is 55.4. The SMILES string of the molecule is c1ccc2cc(-c3ccc(N(c4cccc5c4sc4ccccc45)c4cccc5c4sc4ccccc45)cc3)ccc2c1. The first-order valence-corrected chi connectivity index (χ1v) is 16.1. The molecule has 0 aliphatic carbocycles. The third-order valence-electron chi connectivity index (χ3n) is 8.46. The quantitative estimate of drug-likeness (QED) is 0.199. The van der Waals surface area contributed by atoms with Crippen LogP contribution in [0.4, 0.5) is 17.1 Å². The lowest BCUT2D eigenvalue weighted by molar-refractivity contribution is 1.32. The minimum absolute atomic E-state index is 1.15. The molecule has 0 bridgehead atoms. The molecule has 0 radical (unpaired) electrons. The summed E-state index contributed by atoms with van der Waals surface area (Å²) in [5.74, 6) is 0. The number of hydrogen-bond donors (Lipinski definition) is 0. The largest absolute Gasteiger partial charge is 0.308 e. The fraction of sp³-hybridized carbons (Fsp3) is 0. The van der Waals surface area contributed by atoms with E-state index < -0.39 is 0 Å². The molecule has 0 atom stereocenters. The molecule has 0 amide bonds. The van der Waals surface area contributed by atoms with Crippen molar-refractivity contribution in [3.63, 3.8) is 0 Å². The van der Waals surface area contributed by atoms with Gasteiger partial charge in [0.05, 0.1) is 20.8 Å². The van der Waals surface area contributed by atoms with Crippen molar-refractivity contribution in [1.29, 1.82) is 0 Å². The molecule has 0 fully saturated rings. The fourth-order valence-corrected chi connectivity index (χ4v) is 8.81. The van der Waals surface area contributed by atoms with Gasteiger partial charge in [-0.05, 0) is 64.4 Å². The van der Waals surface area contributed by atoms with E-state index in [2.05, 4.69) is 157 Å². The molecule has 1 nitrogen and oxygen atoms in total. The maximum Gasteiger partial charge on any atom is 0.0640 e. The first-order chi connectivity index (χ1) is 21.3. The number of rotatable bonds is 4. The maximum absolute atomic E-state index is 2.47. The standard InChI is InChI=1S/C40H25NS2/c1-2-10-28-25-29(20-19-26(28)9-1)27-21-23-30(24-22-27)41(35-15-7-13-33-31-11-3-5-17-37(31)42-39(33)35)36-16-8-14-34-32-12-4-6-18-38(32)43-40(34)36/h1-25H. The van der Waals surface area contributed by atoms with E-state index in [-0.39, 0.29) is 0 Å². The zero-order valence-corrected chi connectivity index (χ0v) is 24.8. The number of hydrogen-bond acceptors (Lipinski definition) is 3. The molecular formula is C40H25NS2. The number of fused-ring (bicyclic) bond motifs is 7. The number of benzene rings is 7. The molecule has 0 N–H and O–H groups in total. The lowest BCUT2D eigenvalue weighted by atomic mass is 10.0. The summed E-state index contributed by atoms with van der Waals surface area (Å²) in [7, 11) is 0. The molecule has 9 aromatic rings. The number of nitrogens with zero attached hydrogens (tertiary/aromatic N) is 1. The van der Waals surface area contributed by atoms with Gasteiger partial charge in [-0.1, -0.05) is 109 Å². The highest BCUT2D eigenvalue weighted by Gasteiger charge is 2.21. The van der Waals surface area contributed by atoms with E-state index in [1.165, 1.54) is 73.6 Å². The molecule has 2 aromatic heterocycles. The van der Waals surface area contributed by atoms with Crippen molar-refractivity contribution in [3.05, 3.63) is 152 Å². The normalized spacial score (nSPS) is 11.7. The summed E-state index contributed by atoms with van der Waals surface area (Å²) in [5.41, 5.74) is 6.02. The summed E-state index contributed by atoms with van der Waals surface area (Å²) in [4.78, 5) is 2.47. The van der Waals surface area contributed by atoms with E-state index >= 15 is 0 Å². The Kier molecular flexibility index (Phi) is 5.62. The molecule has 7 aromatic carbocycles. The van der Waals surface area contributed by atoms with Crippen molar-refractivity contribution in [3.8, 4) is 11.1 Å². The number of thiophene rings is 2. The van der Waals surface area contributed by atoms with Crippen LogP contribution >= 0.6 is 22.7 Å². The second kappa shape index (κ2) is 9.81. The summed E-state index contributed by atoms with van der Waals surface area (Å²) in [5, 5.41) is 7.77. The Morgan fingerprint density at radius 3 is 1.51 bits per heavy atom. The highest BCUT2D eigenvalue weighted by Crippen LogP contribution is 2.48. The highest BCUT2D eigenvalue weighted by molar-refractivity contribution is 7.27. The van der Waals surface area contributed by atoms with Crippen molar-refractivity contribution in [2.24, 2.45) is 0 Å². The Morgan fingerprint density at radius 2 is 0.884 bits per heavy atom. The average molecular weight is 584 g/mol. The van der Waals surface area contributed by atoms with Crippen LogP contribution in [0.2, 0.25) is 0 Å². The summed E-state index contributed by atoms with van der Waals surface area (Å²) < 4.78 is 5.24. The molecular weight excluding hydrogens is 559 g/mol. The van der Waals surface area contributed by atoms with Crippen molar-refractivity contribution in [1.82, 2.24) is 0 Å². The molecule has 2 heterocycles.